The van der Waals surface area contributed by atoms with E-state index < -0.39 is 0 Å². The van der Waals surface area contributed by atoms with Crippen LogP contribution in [0.15, 0.2) is 36.4 Å². The predicted molar refractivity (Wildman–Crippen MR) is 117 cm³/mol. The maximum absolute atomic E-state index is 12.8. The van der Waals surface area contributed by atoms with E-state index in [1.54, 1.807) is 0 Å². The number of anilines is 1. The van der Waals surface area contributed by atoms with Crippen molar-refractivity contribution in [2.45, 2.75) is 39.7 Å². The number of hydrogen-bond acceptors (Lipinski definition) is 5. The van der Waals surface area contributed by atoms with Crippen LogP contribution in [-0.4, -0.2) is 65.4 Å². The highest BCUT2D eigenvalue weighted by Gasteiger charge is 2.24. The number of aromatic nitrogens is 2. The lowest BCUT2D eigenvalue weighted by molar-refractivity contribution is -0.133. The number of aryl methyl sites for hydroxylation is 1. The summed E-state index contributed by atoms with van der Waals surface area (Å²) in [5.74, 6) is 2.38. The van der Waals surface area contributed by atoms with E-state index in [0.717, 1.165) is 49.1 Å². The fraction of sp³-hybridized carbons (Fsp3) is 0.522. The van der Waals surface area contributed by atoms with Gasteiger partial charge in [-0.05, 0) is 19.4 Å². The monoisotopic (exact) mass is 395 g/mol. The van der Waals surface area contributed by atoms with Crippen LogP contribution in [0.25, 0.3) is 0 Å². The molecule has 1 aromatic heterocycles. The molecule has 0 aliphatic carbocycles. The average Bonchev–Trinajstić information content (AvgIpc) is 2.73. The summed E-state index contributed by atoms with van der Waals surface area (Å²) in [6, 6.07) is 12.3. The first-order chi connectivity index (χ1) is 13.8. The molecule has 1 amide bonds. The highest BCUT2D eigenvalue weighted by atomic mass is 16.2. The lowest BCUT2D eigenvalue weighted by Crippen LogP contribution is -2.50. The lowest BCUT2D eigenvalue weighted by atomic mass is 10.1. The van der Waals surface area contributed by atoms with Crippen molar-refractivity contribution in [1.82, 2.24) is 19.8 Å². The predicted octanol–water partition coefficient (Wildman–Crippen LogP) is 3.25. The van der Waals surface area contributed by atoms with Crippen LogP contribution in [0.3, 0.4) is 0 Å². The molecule has 0 spiro atoms. The van der Waals surface area contributed by atoms with Gasteiger partial charge in [-0.25, -0.2) is 9.97 Å². The van der Waals surface area contributed by atoms with Crippen molar-refractivity contribution in [3.63, 3.8) is 0 Å². The van der Waals surface area contributed by atoms with E-state index in [1.165, 1.54) is 0 Å². The third-order valence-corrected chi connectivity index (χ3v) is 5.69. The maximum atomic E-state index is 12.8. The van der Waals surface area contributed by atoms with Crippen LogP contribution in [0.4, 0.5) is 5.82 Å². The summed E-state index contributed by atoms with van der Waals surface area (Å²) >= 11 is 0. The van der Waals surface area contributed by atoms with Gasteiger partial charge in [0, 0.05) is 50.9 Å². The smallest absolute Gasteiger partial charge is 0.236 e. The summed E-state index contributed by atoms with van der Waals surface area (Å²) in [5.41, 5.74) is 2.17. The van der Waals surface area contributed by atoms with Crippen LogP contribution in [0, 0.1) is 6.92 Å². The quantitative estimate of drug-likeness (QED) is 0.752. The van der Waals surface area contributed by atoms with Crippen LogP contribution in [0.1, 0.15) is 49.8 Å². The van der Waals surface area contributed by atoms with Gasteiger partial charge in [-0.3, -0.25) is 9.69 Å². The van der Waals surface area contributed by atoms with Crippen LogP contribution in [-0.2, 0) is 4.79 Å². The van der Waals surface area contributed by atoms with Crippen molar-refractivity contribution in [2.75, 3.05) is 44.7 Å². The molecule has 1 saturated heterocycles. The summed E-state index contributed by atoms with van der Waals surface area (Å²) < 4.78 is 0. The largest absolute Gasteiger partial charge is 0.354 e. The molecular formula is C23H33N5O. The van der Waals surface area contributed by atoms with Crippen LogP contribution < -0.4 is 4.90 Å². The number of likely N-dealkylation sites (N-methyl/N-ethyl adjacent to an activating group) is 1. The summed E-state index contributed by atoms with van der Waals surface area (Å²) in [4.78, 5) is 28.5. The third-order valence-electron chi connectivity index (χ3n) is 5.69. The molecule has 0 N–H and O–H groups in total. The van der Waals surface area contributed by atoms with Gasteiger partial charge in [0.1, 0.15) is 11.6 Å². The Morgan fingerprint density at radius 1 is 1.07 bits per heavy atom. The molecule has 156 valence electrons. The number of carbonyl (C=O) groups excluding carboxylic acids is 1. The van der Waals surface area contributed by atoms with Gasteiger partial charge in [-0.2, -0.15) is 0 Å². The van der Waals surface area contributed by atoms with E-state index in [9.17, 15) is 4.79 Å². The fourth-order valence-corrected chi connectivity index (χ4v) is 3.60. The van der Waals surface area contributed by atoms with Gasteiger partial charge < -0.3 is 9.80 Å². The number of amides is 1. The Balaban J connectivity index is 1.55. The maximum Gasteiger partial charge on any atom is 0.236 e. The van der Waals surface area contributed by atoms with Gasteiger partial charge in [-0.1, -0.05) is 44.2 Å². The molecule has 0 saturated carbocycles. The summed E-state index contributed by atoms with van der Waals surface area (Å²) in [6.45, 7) is 12.3. The zero-order chi connectivity index (χ0) is 21.0. The highest BCUT2D eigenvalue weighted by Crippen LogP contribution is 2.20. The lowest BCUT2D eigenvalue weighted by Gasteiger charge is -2.36. The Labute approximate surface area is 174 Å². The molecule has 1 aliphatic heterocycles. The molecule has 6 nitrogen and oxygen atoms in total. The van der Waals surface area contributed by atoms with Crippen molar-refractivity contribution in [3.8, 4) is 0 Å². The van der Waals surface area contributed by atoms with E-state index in [-0.39, 0.29) is 11.9 Å². The second-order valence-electron chi connectivity index (χ2n) is 8.23. The van der Waals surface area contributed by atoms with Crippen LogP contribution in [0.5, 0.6) is 0 Å². The van der Waals surface area contributed by atoms with Crippen molar-refractivity contribution in [1.29, 1.82) is 0 Å². The molecule has 3 rings (SSSR count). The Kier molecular flexibility index (Phi) is 6.85. The Morgan fingerprint density at radius 3 is 2.34 bits per heavy atom. The first-order valence-electron chi connectivity index (χ1n) is 10.5. The Morgan fingerprint density at radius 2 is 1.72 bits per heavy atom. The van der Waals surface area contributed by atoms with Gasteiger partial charge in [0.2, 0.25) is 5.91 Å². The summed E-state index contributed by atoms with van der Waals surface area (Å²) in [7, 11) is 1.90. The van der Waals surface area contributed by atoms with Crippen LogP contribution in [0.2, 0.25) is 0 Å². The van der Waals surface area contributed by atoms with E-state index in [4.69, 9.17) is 4.98 Å². The Hall–Kier alpha value is -2.47. The minimum absolute atomic E-state index is 0.0726. The molecular weight excluding hydrogens is 362 g/mol. The second-order valence-corrected chi connectivity index (χ2v) is 8.23. The van der Waals surface area contributed by atoms with Gasteiger partial charge in [0.05, 0.1) is 12.6 Å². The standard InChI is InChI=1S/C23H33N5O/c1-17(2)23-24-18(3)15-21(25-23)28-13-11-27(12-14-28)16-22(29)26(5)19(4)20-9-7-6-8-10-20/h6-10,15,17,19H,11-14,16H2,1-5H3/t19-/m1/s1. The third kappa shape index (κ3) is 5.32. The molecule has 1 aliphatic rings. The van der Waals surface area contributed by atoms with Crippen molar-refractivity contribution in [2.24, 2.45) is 0 Å². The number of nitrogens with zero attached hydrogens (tertiary/aromatic N) is 5. The molecule has 1 fully saturated rings. The summed E-state index contributed by atoms with van der Waals surface area (Å²) in [6.07, 6.45) is 0. The number of carbonyl (C=O) groups is 1. The first kappa shape index (κ1) is 21.2. The molecule has 29 heavy (non-hydrogen) atoms. The van der Waals surface area contributed by atoms with Crippen LogP contribution >= 0.6 is 0 Å². The Bertz CT molecular complexity index is 815. The summed E-state index contributed by atoms with van der Waals surface area (Å²) in [5, 5.41) is 0. The van der Waals surface area contributed by atoms with Crippen molar-refractivity contribution >= 4 is 11.7 Å². The molecule has 0 unspecified atom stereocenters. The topological polar surface area (TPSA) is 52.6 Å². The van der Waals surface area contributed by atoms with Gasteiger partial charge in [0.25, 0.3) is 0 Å². The molecule has 1 atom stereocenters. The average molecular weight is 396 g/mol. The van der Waals surface area contributed by atoms with Gasteiger partial charge in [-0.15, -0.1) is 0 Å². The zero-order valence-corrected chi connectivity index (χ0v) is 18.3. The van der Waals surface area contributed by atoms with Gasteiger partial charge in [0.15, 0.2) is 0 Å². The molecule has 0 bridgehead atoms. The minimum Gasteiger partial charge on any atom is -0.354 e. The van der Waals surface area contributed by atoms with Crippen molar-refractivity contribution < 1.29 is 4.79 Å². The first-order valence-corrected chi connectivity index (χ1v) is 10.5. The van der Waals surface area contributed by atoms with Crippen molar-refractivity contribution in [3.05, 3.63) is 53.5 Å². The second kappa shape index (κ2) is 9.35. The number of hydrogen-bond donors (Lipinski definition) is 0. The molecule has 0 radical (unpaired) electrons. The molecule has 2 aromatic rings. The SMILES string of the molecule is Cc1cc(N2CCN(CC(=O)N(C)[C@H](C)c3ccccc3)CC2)nc(C(C)C)n1. The minimum atomic E-state index is 0.0726. The normalized spacial score (nSPS) is 16.1. The van der Waals surface area contributed by atoms with E-state index in [1.807, 2.05) is 37.1 Å². The zero-order valence-electron chi connectivity index (χ0n) is 18.3. The molecule has 1 aromatic carbocycles. The van der Waals surface area contributed by atoms with E-state index in [0.29, 0.717) is 12.5 Å². The highest BCUT2D eigenvalue weighted by molar-refractivity contribution is 5.78. The van der Waals surface area contributed by atoms with E-state index >= 15 is 0 Å². The molecule has 2 heterocycles. The number of benzene rings is 1. The fourth-order valence-electron chi connectivity index (χ4n) is 3.60. The van der Waals surface area contributed by atoms with E-state index in [2.05, 4.69) is 53.8 Å². The number of piperazine rings is 1. The van der Waals surface area contributed by atoms with Gasteiger partial charge >= 0.3 is 0 Å². The molecule has 6 heteroatoms. The number of rotatable bonds is 6.